The van der Waals surface area contributed by atoms with Crippen LogP contribution in [0.1, 0.15) is 19.6 Å². The van der Waals surface area contributed by atoms with Crippen LogP contribution in [0.2, 0.25) is 0 Å². The fourth-order valence-electron chi connectivity index (χ4n) is 2.04. The summed E-state index contributed by atoms with van der Waals surface area (Å²) < 4.78 is 24.6. The van der Waals surface area contributed by atoms with Gasteiger partial charge in [-0.3, -0.25) is 4.79 Å². The smallest absolute Gasteiger partial charge is 0.266 e. The van der Waals surface area contributed by atoms with E-state index >= 15 is 0 Å². The fourth-order valence-corrected chi connectivity index (χ4v) is 2.38. The third-order valence-corrected chi connectivity index (χ3v) is 3.50. The van der Waals surface area contributed by atoms with E-state index in [0.717, 1.165) is 0 Å². The Morgan fingerprint density at radius 2 is 1.91 bits per heavy atom. The maximum absolute atomic E-state index is 12.9. The summed E-state index contributed by atoms with van der Waals surface area (Å²) in [5.41, 5.74) is -1.07. The molecule has 0 atom stereocenters. The SMILES string of the molecule is CN(Cc1ccc(Br)o1)C(=O)C(C)(C)Oc1ccc(F)cc1. The topological polar surface area (TPSA) is 42.7 Å². The Balaban J connectivity index is 2.03. The molecule has 0 bridgehead atoms. The number of likely N-dealkylation sites (N-methyl/N-ethyl adjacent to an activating group) is 1. The van der Waals surface area contributed by atoms with Crippen molar-refractivity contribution < 1.29 is 18.3 Å². The van der Waals surface area contributed by atoms with Crippen LogP contribution >= 0.6 is 15.9 Å². The minimum atomic E-state index is -1.07. The Labute approximate surface area is 137 Å². The molecule has 0 aliphatic rings. The molecule has 118 valence electrons. The van der Waals surface area contributed by atoms with E-state index in [4.69, 9.17) is 9.15 Å². The molecular weight excluding hydrogens is 353 g/mol. The van der Waals surface area contributed by atoms with Crippen molar-refractivity contribution in [3.63, 3.8) is 0 Å². The zero-order chi connectivity index (χ0) is 16.3. The number of carbonyl (C=O) groups is 1. The highest BCUT2D eigenvalue weighted by Gasteiger charge is 2.33. The molecule has 1 amide bonds. The van der Waals surface area contributed by atoms with Gasteiger partial charge in [-0.2, -0.15) is 0 Å². The van der Waals surface area contributed by atoms with Crippen molar-refractivity contribution in [3.8, 4) is 5.75 Å². The first-order valence-corrected chi connectivity index (χ1v) is 7.51. The van der Waals surface area contributed by atoms with Crippen LogP contribution in [0.15, 0.2) is 45.5 Å². The molecule has 0 saturated carbocycles. The van der Waals surface area contributed by atoms with Crippen molar-refractivity contribution in [2.75, 3.05) is 7.05 Å². The number of ether oxygens (including phenoxy) is 1. The summed E-state index contributed by atoms with van der Waals surface area (Å²) in [4.78, 5) is 14.0. The zero-order valence-corrected chi connectivity index (χ0v) is 14.2. The van der Waals surface area contributed by atoms with Crippen molar-refractivity contribution in [1.82, 2.24) is 4.90 Å². The highest BCUT2D eigenvalue weighted by molar-refractivity contribution is 9.10. The monoisotopic (exact) mass is 369 g/mol. The predicted molar refractivity (Wildman–Crippen MR) is 84.0 cm³/mol. The molecule has 2 aromatic rings. The van der Waals surface area contributed by atoms with Gasteiger partial charge in [-0.1, -0.05) is 0 Å². The molecule has 4 nitrogen and oxygen atoms in total. The number of hydrogen-bond acceptors (Lipinski definition) is 3. The van der Waals surface area contributed by atoms with Gasteiger partial charge in [0.05, 0.1) is 6.54 Å². The summed E-state index contributed by atoms with van der Waals surface area (Å²) in [6.07, 6.45) is 0. The van der Waals surface area contributed by atoms with Crippen molar-refractivity contribution in [3.05, 3.63) is 52.6 Å². The largest absolute Gasteiger partial charge is 0.478 e. The fraction of sp³-hybridized carbons (Fsp3) is 0.312. The molecule has 0 aliphatic carbocycles. The van der Waals surface area contributed by atoms with Gasteiger partial charge in [0, 0.05) is 7.05 Å². The molecule has 22 heavy (non-hydrogen) atoms. The second kappa shape index (κ2) is 6.52. The van der Waals surface area contributed by atoms with E-state index in [1.807, 2.05) is 0 Å². The van der Waals surface area contributed by atoms with E-state index in [9.17, 15) is 9.18 Å². The van der Waals surface area contributed by atoms with Gasteiger partial charge in [0.2, 0.25) is 0 Å². The molecule has 2 rings (SSSR count). The summed E-state index contributed by atoms with van der Waals surface area (Å²) >= 11 is 3.22. The van der Waals surface area contributed by atoms with Gasteiger partial charge in [0.25, 0.3) is 5.91 Å². The van der Waals surface area contributed by atoms with Gasteiger partial charge >= 0.3 is 0 Å². The van der Waals surface area contributed by atoms with Crippen molar-refractivity contribution in [2.45, 2.75) is 26.0 Å². The summed E-state index contributed by atoms with van der Waals surface area (Å²) in [7, 11) is 1.68. The second-order valence-corrected chi connectivity index (χ2v) is 6.21. The molecular formula is C16H17BrFNO3. The number of benzene rings is 1. The third-order valence-electron chi connectivity index (χ3n) is 3.07. The van der Waals surface area contributed by atoms with Crippen LogP contribution in [0.4, 0.5) is 4.39 Å². The molecule has 0 radical (unpaired) electrons. The average Bonchev–Trinajstić information content (AvgIpc) is 2.85. The molecule has 0 N–H and O–H groups in total. The molecule has 0 aliphatic heterocycles. The number of amides is 1. The standard InChI is InChI=1S/C16H17BrFNO3/c1-16(2,22-12-6-4-11(18)5-7-12)15(20)19(3)10-13-8-9-14(17)21-13/h4-9H,10H2,1-3H3. The van der Waals surface area contributed by atoms with Crippen molar-refractivity contribution in [2.24, 2.45) is 0 Å². The Hall–Kier alpha value is -1.82. The van der Waals surface area contributed by atoms with Gasteiger partial charge < -0.3 is 14.1 Å². The molecule has 0 unspecified atom stereocenters. The van der Waals surface area contributed by atoms with Crippen LogP contribution < -0.4 is 4.74 Å². The van der Waals surface area contributed by atoms with E-state index in [1.165, 1.54) is 29.2 Å². The summed E-state index contributed by atoms with van der Waals surface area (Å²) in [5, 5.41) is 0. The number of nitrogens with zero attached hydrogens (tertiary/aromatic N) is 1. The van der Waals surface area contributed by atoms with Crippen LogP contribution in [-0.2, 0) is 11.3 Å². The van der Waals surface area contributed by atoms with Crippen LogP contribution in [0.3, 0.4) is 0 Å². The molecule has 0 saturated heterocycles. The van der Waals surface area contributed by atoms with Crippen molar-refractivity contribution in [1.29, 1.82) is 0 Å². The minimum Gasteiger partial charge on any atom is -0.478 e. The first kappa shape index (κ1) is 16.5. The average molecular weight is 370 g/mol. The number of halogens is 2. The first-order valence-electron chi connectivity index (χ1n) is 6.72. The minimum absolute atomic E-state index is 0.204. The first-order chi connectivity index (χ1) is 10.3. The number of rotatable bonds is 5. The second-order valence-electron chi connectivity index (χ2n) is 5.43. The summed E-state index contributed by atoms with van der Waals surface area (Å²) in [6.45, 7) is 3.68. The maximum Gasteiger partial charge on any atom is 0.266 e. The highest BCUT2D eigenvalue weighted by atomic mass is 79.9. The quantitative estimate of drug-likeness (QED) is 0.799. The molecule has 0 fully saturated rings. The molecule has 6 heteroatoms. The van der Waals surface area contributed by atoms with E-state index in [1.54, 1.807) is 33.0 Å². The van der Waals surface area contributed by atoms with Crippen LogP contribution in [0.5, 0.6) is 5.75 Å². The van der Waals surface area contributed by atoms with Crippen molar-refractivity contribution >= 4 is 21.8 Å². The van der Waals surface area contributed by atoms with E-state index in [2.05, 4.69) is 15.9 Å². The molecule has 1 heterocycles. The molecule has 1 aromatic carbocycles. The van der Waals surface area contributed by atoms with Gasteiger partial charge in [-0.05, 0) is 66.2 Å². The Morgan fingerprint density at radius 3 is 2.45 bits per heavy atom. The lowest BCUT2D eigenvalue weighted by Crippen LogP contribution is -2.47. The lowest BCUT2D eigenvalue weighted by atomic mass is 10.1. The molecule has 1 aromatic heterocycles. The third kappa shape index (κ3) is 4.10. The Morgan fingerprint density at radius 1 is 1.27 bits per heavy atom. The Bertz CT molecular complexity index is 652. The zero-order valence-electron chi connectivity index (χ0n) is 12.6. The molecule has 0 spiro atoms. The highest BCUT2D eigenvalue weighted by Crippen LogP contribution is 2.22. The van der Waals surface area contributed by atoms with Crippen LogP contribution in [-0.4, -0.2) is 23.5 Å². The lowest BCUT2D eigenvalue weighted by Gasteiger charge is -2.29. The van der Waals surface area contributed by atoms with Crippen LogP contribution in [0.25, 0.3) is 0 Å². The van der Waals surface area contributed by atoms with Gasteiger partial charge in [0.1, 0.15) is 17.3 Å². The number of hydrogen-bond donors (Lipinski definition) is 0. The predicted octanol–water partition coefficient (Wildman–Crippen LogP) is 4.00. The number of carbonyl (C=O) groups excluding carboxylic acids is 1. The number of furan rings is 1. The van der Waals surface area contributed by atoms with Crippen LogP contribution in [0, 0.1) is 5.82 Å². The van der Waals surface area contributed by atoms with Gasteiger partial charge in [-0.15, -0.1) is 0 Å². The van der Waals surface area contributed by atoms with E-state index < -0.39 is 5.60 Å². The van der Waals surface area contributed by atoms with Gasteiger partial charge in [0.15, 0.2) is 10.3 Å². The maximum atomic E-state index is 12.9. The van der Waals surface area contributed by atoms with E-state index in [-0.39, 0.29) is 11.7 Å². The lowest BCUT2D eigenvalue weighted by molar-refractivity contribution is -0.144. The van der Waals surface area contributed by atoms with Gasteiger partial charge in [-0.25, -0.2) is 4.39 Å². The Kier molecular flexibility index (Phi) is 4.90. The summed E-state index contributed by atoms with van der Waals surface area (Å²) in [5.74, 6) is 0.551. The summed E-state index contributed by atoms with van der Waals surface area (Å²) in [6, 6.07) is 9.14. The normalized spacial score (nSPS) is 11.3. The van der Waals surface area contributed by atoms with E-state index in [0.29, 0.717) is 22.7 Å².